The van der Waals surface area contributed by atoms with Crippen molar-refractivity contribution >= 4 is 28.7 Å². The first-order chi connectivity index (χ1) is 13.1. The minimum Gasteiger partial charge on any atom is -0.483 e. The van der Waals surface area contributed by atoms with Crippen LogP contribution in [0.25, 0.3) is 10.8 Å². The van der Waals surface area contributed by atoms with E-state index in [2.05, 4.69) is 10.1 Å². The van der Waals surface area contributed by atoms with Gasteiger partial charge in [-0.3, -0.25) is 9.59 Å². The van der Waals surface area contributed by atoms with Crippen LogP contribution >= 0.6 is 0 Å². The van der Waals surface area contributed by atoms with E-state index in [1.54, 1.807) is 30.3 Å². The topological polar surface area (TPSA) is 64.6 Å². The number of amides is 1. The molecule has 1 N–H and O–H groups in total. The SMILES string of the molecule is O=Cc1c(OCC(=O)Nc2ccccc2OC(F)F)ccc2ccccc12. The largest absolute Gasteiger partial charge is 0.483 e. The summed E-state index contributed by atoms with van der Waals surface area (Å²) in [7, 11) is 0. The summed E-state index contributed by atoms with van der Waals surface area (Å²) >= 11 is 0. The fraction of sp³-hybridized carbons (Fsp3) is 0.100. The van der Waals surface area contributed by atoms with Gasteiger partial charge >= 0.3 is 6.61 Å². The van der Waals surface area contributed by atoms with Crippen LogP contribution in [0, 0.1) is 0 Å². The van der Waals surface area contributed by atoms with Gasteiger partial charge in [-0.15, -0.1) is 0 Å². The summed E-state index contributed by atoms with van der Waals surface area (Å²) in [5, 5.41) is 4.03. The highest BCUT2D eigenvalue weighted by Gasteiger charge is 2.13. The molecule has 0 bridgehead atoms. The van der Waals surface area contributed by atoms with Crippen LogP contribution < -0.4 is 14.8 Å². The van der Waals surface area contributed by atoms with E-state index in [1.807, 2.05) is 12.1 Å². The number of halogens is 2. The van der Waals surface area contributed by atoms with Crippen molar-refractivity contribution < 1.29 is 27.8 Å². The van der Waals surface area contributed by atoms with Crippen molar-refractivity contribution in [1.29, 1.82) is 0 Å². The number of alkyl halides is 2. The lowest BCUT2D eigenvalue weighted by Gasteiger charge is -2.13. The zero-order valence-electron chi connectivity index (χ0n) is 14.0. The van der Waals surface area contributed by atoms with Crippen LogP contribution in [0.3, 0.4) is 0 Å². The van der Waals surface area contributed by atoms with Crippen LogP contribution in [0.1, 0.15) is 10.4 Å². The van der Waals surface area contributed by atoms with E-state index in [0.717, 1.165) is 5.39 Å². The number of hydrogen-bond donors (Lipinski definition) is 1. The van der Waals surface area contributed by atoms with Gasteiger partial charge in [0.15, 0.2) is 12.9 Å². The Morgan fingerprint density at radius 2 is 1.74 bits per heavy atom. The molecule has 27 heavy (non-hydrogen) atoms. The average Bonchev–Trinajstić information content (AvgIpc) is 2.67. The van der Waals surface area contributed by atoms with Gasteiger partial charge in [-0.2, -0.15) is 8.78 Å². The number of nitrogens with one attached hydrogen (secondary N) is 1. The van der Waals surface area contributed by atoms with Gasteiger partial charge < -0.3 is 14.8 Å². The van der Waals surface area contributed by atoms with Gasteiger partial charge in [0.2, 0.25) is 0 Å². The smallest absolute Gasteiger partial charge is 0.387 e. The fourth-order valence-corrected chi connectivity index (χ4v) is 2.62. The summed E-state index contributed by atoms with van der Waals surface area (Å²) in [6, 6.07) is 16.5. The van der Waals surface area contributed by atoms with E-state index < -0.39 is 19.1 Å². The maximum atomic E-state index is 12.4. The molecule has 0 aliphatic rings. The second-order valence-electron chi connectivity index (χ2n) is 5.53. The molecule has 5 nitrogen and oxygen atoms in total. The highest BCUT2D eigenvalue weighted by atomic mass is 19.3. The Kier molecular flexibility index (Phi) is 5.61. The molecule has 138 valence electrons. The first-order valence-corrected chi connectivity index (χ1v) is 8.02. The number of rotatable bonds is 7. The summed E-state index contributed by atoms with van der Waals surface area (Å²) in [4.78, 5) is 23.6. The van der Waals surface area contributed by atoms with Crippen molar-refractivity contribution in [2.24, 2.45) is 0 Å². The molecule has 7 heteroatoms. The molecule has 3 aromatic rings. The number of anilines is 1. The van der Waals surface area contributed by atoms with Crippen molar-refractivity contribution in [3.8, 4) is 11.5 Å². The Balaban J connectivity index is 1.72. The van der Waals surface area contributed by atoms with Gasteiger partial charge in [0.25, 0.3) is 5.91 Å². The average molecular weight is 371 g/mol. The van der Waals surface area contributed by atoms with E-state index >= 15 is 0 Å². The first-order valence-electron chi connectivity index (χ1n) is 8.02. The van der Waals surface area contributed by atoms with Crippen molar-refractivity contribution in [1.82, 2.24) is 0 Å². The molecule has 0 aliphatic heterocycles. The molecule has 0 radical (unpaired) electrons. The molecule has 0 aromatic heterocycles. The predicted molar refractivity (Wildman–Crippen MR) is 96.5 cm³/mol. The molecular weight excluding hydrogens is 356 g/mol. The summed E-state index contributed by atoms with van der Waals surface area (Å²) < 4.78 is 34.7. The van der Waals surface area contributed by atoms with Crippen LogP contribution in [0.15, 0.2) is 60.7 Å². The summed E-state index contributed by atoms with van der Waals surface area (Å²) in [6.45, 7) is -3.41. The zero-order chi connectivity index (χ0) is 19.2. The van der Waals surface area contributed by atoms with Gasteiger partial charge in [0.1, 0.15) is 11.5 Å². The Labute approximate surface area is 153 Å². The molecule has 0 atom stereocenters. The Morgan fingerprint density at radius 1 is 1.00 bits per heavy atom. The normalized spacial score (nSPS) is 10.6. The highest BCUT2D eigenvalue weighted by molar-refractivity contribution is 6.01. The lowest BCUT2D eigenvalue weighted by Crippen LogP contribution is -2.21. The Morgan fingerprint density at radius 3 is 2.52 bits per heavy atom. The van der Waals surface area contributed by atoms with Crippen molar-refractivity contribution in [3.05, 3.63) is 66.2 Å². The van der Waals surface area contributed by atoms with Gasteiger partial charge in [-0.25, -0.2) is 0 Å². The summed E-state index contributed by atoms with van der Waals surface area (Å²) in [5.74, 6) is -0.471. The van der Waals surface area contributed by atoms with Gasteiger partial charge in [0, 0.05) is 0 Å². The van der Waals surface area contributed by atoms with Crippen LogP contribution in [0.2, 0.25) is 0 Å². The maximum Gasteiger partial charge on any atom is 0.387 e. The Hall–Kier alpha value is -3.48. The van der Waals surface area contributed by atoms with Crippen molar-refractivity contribution in [3.63, 3.8) is 0 Å². The molecule has 0 spiro atoms. The number of hydrogen-bond acceptors (Lipinski definition) is 4. The second kappa shape index (κ2) is 8.27. The molecule has 0 saturated heterocycles. The molecule has 0 heterocycles. The molecule has 1 amide bonds. The van der Waals surface area contributed by atoms with Crippen LogP contribution in [0.4, 0.5) is 14.5 Å². The van der Waals surface area contributed by atoms with Crippen molar-refractivity contribution in [2.75, 3.05) is 11.9 Å². The van der Waals surface area contributed by atoms with E-state index in [1.165, 1.54) is 18.2 Å². The number of carbonyl (C=O) groups is 2. The van der Waals surface area contributed by atoms with Crippen LogP contribution in [-0.2, 0) is 4.79 Å². The van der Waals surface area contributed by atoms with E-state index in [-0.39, 0.29) is 17.2 Å². The molecule has 0 saturated carbocycles. The van der Waals surface area contributed by atoms with Crippen LogP contribution in [0.5, 0.6) is 11.5 Å². The zero-order valence-corrected chi connectivity index (χ0v) is 14.0. The lowest BCUT2D eigenvalue weighted by molar-refractivity contribution is -0.118. The molecule has 3 aromatic carbocycles. The fourth-order valence-electron chi connectivity index (χ4n) is 2.62. The van der Waals surface area contributed by atoms with E-state index in [0.29, 0.717) is 17.2 Å². The maximum absolute atomic E-state index is 12.4. The number of aldehydes is 1. The summed E-state index contributed by atoms with van der Waals surface area (Å²) in [5.41, 5.74) is 0.433. The predicted octanol–water partition coefficient (Wildman–Crippen LogP) is 4.27. The molecule has 3 rings (SSSR count). The third kappa shape index (κ3) is 4.38. The number of fused-ring (bicyclic) bond motifs is 1. The molecule has 0 unspecified atom stereocenters. The van der Waals surface area contributed by atoms with Gasteiger partial charge in [-0.1, -0.05) is 42.5 Å². The van der Waals surface area contributed by atoms with E-state index in [9.17, 15) is 18.4 Å². The Bertz CT molecular complexity index is 975. The second-order valence-corrected chi connectivity index (χ2v) is 5.53. The van der Waals surface area contributed by atoms with Crippen LogP contribution in [-0.4, -0.2) is 25.4 Å². The quantitative estimate of drug-likeness (QED) is 0.630. The van der Waals surface area contributed by atoms with E-state index in [4.69, 9.17) is 4.74 Å². The lowest BCUT2D eigenvalue weighted by atomic mass is 10.0. The third-order valence-electron chi connectivity index (χ3n) is 3.78. The first kappa shape index (κ1) is 18.3. The van der Waals surface area contributed by atoms with Gasteiger partial charge in [-0.05, 0) is 29.0 Å². The standard InChI is InChI=1S/C20H15F2NO4/c21-20(22)27-18-8-4-3-7-16(18)23-19(25)12-26-17-10-9-13-5-1-2-6-14(13)15(17)11-24/h1-11,20H,12H2,(H,23,25). The highest BCUT2D eigenvalue weighted by Crippen LogP contribution is 2.27. The van der Waals surface area contributed by atoms with Gasteiger partial charge in [0.05, 0.1) is 11.3 Å². The monoisotopic (exact) mass is 371 g/mol. The molecule has 0 aliphatic carbocycles. The number of ether oxygens (including phenoxy) is 2. The minimum absolute atomic E-state index is 0.0977. The van der Waals surface area contributed by atoms with Crippen molar-refractivity contribution in [2.45, 2.75) is 6.61 Å². The molecular formula is C20H15F2NO4. The number of para-hydroxylation sites is 2. The number of benzene rings is 3. The molecule has 0 fully saturated rings. The minimum atomic E-state index is -3.01. The number of carbonyl (C=O) groups excluding carboxylic acids is 2. The third-order valence-corrected chi connectivity index (χ3v) is 3.78. The summed E-state index contributed by atoms with van der Waals surface area (Å²) in [6.07, 6.45) is 0.668.